The molecule has 0 N–H and O–H groups in total. The third-order valence-electron chi connectivity index (χ3n) is 20.2. The van der Waals surface area contributed by atoms with E-state index in [1.807, 2.05) is 0 Å². The molecule has 0 saturated carbocycles. The lowest BCUT2D eigenvalue weighted by molar-refractivity contribution is -0.164. The van der Waals surface area contributed by atoms with E-state index >= 15 is 0 Å². The van der Waals surface area contributed by atoms with Crippen LogP contribution in [-0.4, -0.2) is 194 Å². The van der Waals surface area contributed by atoms with Crippen molar-refractivity contribution in [3.8, 4) is 0 Å². The molecule has 0 aromatic carbocycles. The Labute approximate surface area is 541 Å². The van der Waals surface area contributed by atoms with E-state index in [4.69, 9.17) is 14.2 Å². The van der Waals surface area contributed by atoms with Gasteiger partial charge in [-0.25, -0.2) is 0 Å². The van der Waals surface area contributed by atoms with Crippen LogP contribution in [0, 0.1) is 0 Å². The third kappa shape index (κ3) is 32.0. The van der Waals surface area contributed by atoms with Gasteiger partial charge in [0.2, 0.25) is 0 Å². The molecule has 86 heavy (non-hydrogen) atoms. The van der Waals surface area contributed by atoms with Gasteiger partial charge >= 0.3 is 0 Å². The van der Waals surface area contributed by atoms with Crippen molar-refractivity contribution in [1.29, 1.82) is 0 Å². The van der Waals surface area contributed by atoms with Crippen LogP contribution < -0.4 is 0 Å². The fourth-order valence-corrected chi connectivity index (χ4v) is 15.1. The molecule has 7 atom stereocenters. The minimum Gasteiger partial charge on any atom is -0.380 e. The number of hydrogen-bond donors (Lipinski definition) is 0. The predicted octanol–water partition coefficient (Wildman–Crippen LogP) is 19.0. The van der Waals surface area contributed by atoms with E-state index in [2.05, 4.69) is 242 Å². The summed E-state index contributed by atoms with van der Waals surface area (Å²) in [5.41, 5.74) is 2.32. The first kappa shape index (κ1) is 83.6. The lowest BCUT2D eigenvalue weighted by Crippen LogP contribution is -2.50. The monoisotopic (exact) mass is 1220 g/mol. The minimum absolute atomic E-state index is 0.240. The van der Waals surface area contributed by atoms with Crippen molar-refractivity contribution >= 4 is 0 Å². The highest BCUT2D eigenvalue weighted by Crippen LogP contribution is 2.36. The van der Waals surface area contributed by atoms with E-state index in [0.29, 0.717) is 45.8 Å². The van der Waals surface area contributed by atoms with E-state index in [9.17, 15) is 0 Å². The summed E-state index contributed by atoms with van der Waals surface area (Å²) in [6.07, 6.45) is 28.0. The Morgan fingerprint density at radius 2 is 0.733 bits per heavy atom. The van der Waals surface area contributed by atoms with Gasteiger partial charge in [0, 0.05) is 114 Å². The highest BCUT2D eigenvalue weighted by Gasteiger charge is 2.42. The number of ether oxygens (including phenoxy) is 3. The van der Waals surface area contributed by atoms with Crippen molar-refractivity contribution in [1.82, 2.24) is 34.3 Å². The first-order chi connectivity index (χ1) is 39.4. The average Bonchev–Trinajstić information content (AvgIpc) is 2.26. The number of likely N-dealkylation sites (tertiary alicyclic amines) is 5. The van der Waals surface area contributed by atoms with Crippen LogP contribution in [0.2, 0.25) is 0 Å². The van der Waals surface area contributed by atoms with Gasteiger partial charge in [-0.05, 0) is 297 Å². The van der Waals surface area contributed by atoms with Crippen LogP contribution in [0.1, 0.15) is 336 Å². The molecule has 0 aromatic rings. The van der Waals surface area contributed by atoms with Crippen LogP contribution >= 0.6 is 0 Å². The number of piperidine rings is 2. The Kier molecular flexibility index (Phi) is 37.6. The second kappa shape index (κ2) is 38.7. The molecular formula is C76H159N7O3. The number of nitrogens with zero attached hydrogens (tertiary/aromatic N) is 7. The molecular weight excluding hydrogens is 1060 g/mol. The maximum atomic E-state index is 5.82. The Morgan fingerprint density at radius 1 is 0.395 bits per heavy atom. The smallest absolute Gasteiger partial charge is 0.169 e. The van der Waals surface area contributed by atoms with Gasteiger partial charge in [-0.1, -0.05) is 58.8 Å². The van der Waals surface area contributed by atoms with Gasteiger partial charge in [-0.2, -0.15) is 0 Å². The van der Waals surface area contributed by atoms with Gasteiger partial charge < -0.3 is 14.2 Å². The van der Waals surface area contributed by atoms with Crippen LogP contribution in [0.3, 0.4) is 0 Å². The Morgan fingerprint density at radius 3 is 1.10 bits per heavy atom. The van der Waals surface area contributed by atoms with Gasteiger partial charge in [0.25, 0.3) is 0 Å². The van der Waals surface area contributed by atoms with E-state index in [-0.39, 0.29) is 16.9 Å². The summed E-state index contributed by atoms with van der Waals surface area (Å²) in [6, 6.07) is 5.10. The zero-order valence-electron chi connectivity index (χ0n) is 64.3. The van der Waals surface area contributed by atoms with E-state index in [1.54, 1.807) is 0 Å². The third-order valence-corrected chi connectivity index (χ3v) is 20.2. The highest BCUT2D eigenvalue weighted by molar-refractivity contribution is 4.91. The van der Waals surface area contributed by atoms with Crippen LogP contribution in [-0.2, 0) is 14.2 Å². The SMILES string of the molecule is CC1CCC2(CCN1C(C)(C)C)OCCO2.CC1CCCCCN1C(C)(C)C.CC1COCCCN1C(C)(C)C.CCC1CCCCN1C(C)(C)C.CCCC(C)N(C)C(C)(C)C.C[C@@H]1CCCCN1C(C)(C)C.C[C@H]1CCCCCN1C(C)(C)C. The molecule has 7 aliphatic heterocycles. The standard InChI is InChI=1S/C13H25NO2.3C11H23N.C10H21NO.C10H21N.C10H23N/c1-11-5-6-13(15-9-10-16-13)7-8-14(11)12(2,3)4;2*1-10-8-6-5-7-9-12(10)11(2,3)4;1-5-10-8-6-7-9-12(10)11(2,3)4;1-9-8-12-7-5-6-11(9)10(2,3)4;1-9-7-5-6-8-11(9)10(2,3)4;1-7-8-9(2)11(6)10(3,4)5/h11H,5-10H2,1-4H3;3*10H,5-9H2,1-4H3;9H,5-8H2,1-4H3;9H,5-8H2,1-4H3;9H,7-8H2,1-6H3/t;10-;;;;9-;/m.0...1./s1. The van der Waals surface area contributed by atoms with Crippen molar-refractivity contribution in [2.45, 2.75) is 422 Å². The largest absolute Gasteiger partial charge is 0.380 e. The summed E-state index contributed by atoms with van der Waals surface area (Å²) in [4.78, 5) is 18.1. The van der Waals surface area contributed by atoms with Crippen molar-refractivity contribution in [2.24, 2.45) is 0 Å². The summed E-state index contributed by atoms with van der Waals surface area (Å²) in [6.45, 7) is 77.7. The summed E-state index contributed by atoms with van der Waals surface area (Å²) in [7, 11) is 2.21. The predicted molar refractivity (Wildman–Crippen MR) is 381 cm³/mol. The number of hydrogen-bond acceptors (Lipinski definition) is 10. The Balaban J connectivity index is 0.000000504. The summed E-state index contributed by atoms with van der Waals surface area (Å²) >= 11 is 0. The molecule has 516 valence electrons. The van der Waals surface area contributed by atoms with Gasteiger partial charge in [0.1, 0.15) is 0 Å². The molecule has 1 spiro atoms. The second-order valence-corrected chi connectivity index (χ2v) is 34.9. The lowest BCUT2D eigenvalue weighted by Gasteiger charge is -2.44. The average molecular weight is 1220 g/mol. The maximum Gasteiger partial charge on any atom is 0.169 e. The number of rotatable bonds is 4. The molecule has 0 bridgehead atoms. The molecule has 7 aliphatic rings. The molecule has 7 saturated heterocycles. The quantitative estimate of drug-likeness (QED) is 0.272. The topological polar surface area (TPSA) is 50.4 Å². The Bertz CT molecular complexity index is 1600. The van der Waals surface area contributed by atoms with Crippen molar-refractivity contribution < 1.29 is 14.2 Å². The fourth-order valence-electron chi connectivity index (χ4n) is 15.1. The molecule has 7 heterocycles. The molecule has 7 rings (SSSR count). The van der Waals surface area contributed by atoms with E-state index in [0.717, 1.165) is 76.4 Å². The second-order valence-electron chi connectivity index (χ2n) is 34.9. The van der Waals surface area contributed by atoms with Gasteiger partial charge in [0.15, 0.2) is 5.79 Å². The van der Waals surface area contributed by atoms with Gasteiger partial charge in [0.05, 0.1) is 19.8 Å². The molecule has 0 aromatic heterocycles. The molecule has 7 fully saturated rings. The molecule has 0 amide bonds. The van der Waals surface area contributed by atoms with Crippen LogP contribution in [0.4, 0.5) is 0 Å². The van der Waals surface area contributed by atoms with E-state index < -0.39 is 0 Å². The van der Waals surface area contributed by atoms with Gasteiger partial charge in [-0.15, -0.1) is 0 Å². The van der Waals surface area contributed by atoms with Gasteiger partial charge in [-0.3, -0.25) is 34.3 Å². The zero-order valence-corrected chi connectivity index (χ0v) is 64.3. The molecule has 0 aliphatic carbocycles. The summed E-state index contributed by atoms with van der Waals surface area (Å²) in [5.74, 6) is -0.256. The first-order valence-electron chi connectivity index (χ1n) is 36.6. The van der Waals surface area contributed by atoms with Crippen molar-refractivity contribution in [3.05, 3.63) is 0 Å². The lowest BCUT2D eigenvalue weighted by atomic mass is 9.93. The normalized spacial score (nSPS) is 27.4. The zero-order chi connectivity index (χ0) is 66.1. The minimum atomic E-state index is -0.256. The maximum absolute atomic E-state index is 5.82. The first-order valence-corrected chi connectivity index (χ1v) is 36.6. The molecule has 10 nitrogen and oxygen atoms in total. The van der Waals surface area contributed by atoms with Crippen LogP contribution in [0.15, 0.2) is 0 Å². The summed E-state index contributed by atoms with van der Waals surface area (Å²) < 4.78 is 17.1. The molecule has 0 radical (unpaired) electrons. The Hall–Kier alpha value is -0.400. The van der Waals surface area contributed by atoms with Crippen molar-refractivity contribution in [3.63, 3.8) is 0 Å². The fraction of sp³-hybridized carbons (Fsp3) is 1.00. The molecule has 5 unspecified atom stereocenters. The highest BCUT2D eigenvalue weighted by atomic mass is 16.7. The van der Waals surface area contributed by atoms with Crippen LogP contribution in [0.5, 0.6) is 0 Å². The van der Waals surface area contributed by atoms with E-state index in [1.165, 1.54) is 148 Å². The summed E-state index contributed by atoms with van der Waals surface area (Å²) in [5, 5.41) is 0. The van der Waals surface area contributed by atoms with Crippen LogP contribution in [0.25, 0.3) is 0 Å². The molecule has 10 heteroatoms. The van der Waals surface area contributed by atoms with Crippen molar-refractivity contribution in [2.75, 3.05) is 72.7 Å².